The fraction of sp³-hybridized carbons (Fsp3) is 0.385. The van der Waals surface area contributed by atoms with Crippen molar-refractivity contribution in [2.24, 2.45) is 0 Å². The Balaban J connectivity index is 2.89. The van der Waals surface area contributed by atoms with E-state index in [0.29, 0.717) is 11.1 Å². The van der Waals surface area contributed by atoms with E-state index in [1.165, 1.54) is 18.2 Å². The third kappa shape index (κ3) is 4.33. The first-order valence-corrected chi connectivity index (χ1v) is 7.49. The van der Waals surface area contributed by atoms with Gasteiger partial charge in [0.1, 0.15) is 0 Å². The molecule has 0 aromatic heterocycles. The van der Waals surface area contributed by atoms with Crippen molar-refractivity contribution in [2.75, 3.05) is 0 Å². The van der Waals surface area contributed by atoms with E-state index in [1.807, 2.05) is 6.07 Å². The van der Waals surface area contributed by atoms with Gasteiger partial charge in [0.2, 0.25) is 10.0 Å². The molecule has 20 heavy (non-hydrogen) atoms. The van der Waals surface area contributed by atoms with Crippen molar-refractivity contribution in [3.05, 3.63) is 29.3 Å². The van der Waals surface area contributed by atoms with Gasteiger partial charge in [0.15, 0.2) is 0 Å². The molecule has 0 radical (unpaired) electrons. The van der Waals surface area contributed by atoms with Crippen molar-refractivity contribution in [1.82, 2.24) is 4.72 Å². The Morgan fingerprint density at radius 1 is 1.50 bits per heavy atom. The summed E-state index contributed by atoms with van der Waals surface area (Å²) in [5.41, 5.74) is 0.863. The minimum Gasteiger partial charge on any atom is -0.481 e. The molecule has 6 nitrogen and oxygen atoms in total. The quantitative estimate of drug-likeness (QED) is 0.825. The highest BCUT2D eigenvalue weighted by atomic mass is 32.2. The van der Waals surface area contributed by atoms with Gasteiger partial charge in [-0.1, -0.05) is 0 Å². The van der Waals surface area contributed by atoms with E-state index < -0.39 is 22.0 Å². The summed E-state index contributed by atoms with van der Waals surface area (Å²) in [5, 5.41) is 17.3. The molecule has 1 unspecified atom stereocenters. The number of hydrogen-bond donors (Lipinski definition) is 2. The van der Waals surface area contributed by atoms with E-state index in [9.17, 15) is 13.2 Å². The van der Waals surface area contributed by atoms with E-state index in [-0.39, 0.29) is 17.7 Å². The molecule has 0 bridgehead atoms. The van der Waals surface area contributed by atoms with Crippen LogP contribution in [0.25, 0.3) is 0 Å². The Morgan fingerprint density at radius 3 is 2.65 bits per heavy atom. The Kier molecular flexibility index (Phi) is 5.25. The number of rotatable bonds is 6. The van der Waals surface area contributed by atoms with Gasteiger partial charge in [-0.2, -0.15) is 5.26 Å². The van der Waals surface area contributed by atoms with Gasteiger partial charge >= 0.3 is 5.97 Å². The van der Waals surface area contributed by atoms with Gasteiger partial charge in [-0.25, -0.2) is 13.1 Å². The number of aryl methyl sites for hydroxylation is 1. The van der Waals surface area contributed by atoms with E-state index in [4.69, 9.17) is 10.4 Å². The lowest BCUT2D eigenvalue weighted by molar-refractivity contribution is -0.137. The normalized spacial score (nSPS) is 12.7. The third-order valence-electron chi connectivity index (χ3n) is 2.74. The fourth-order valence-electron chi connectivity index (χ4n) is 1.75. The molecule has 1 aromatic carbocycles. The average Bonchev–Trinajstić information content (AvgIpc) is 2.35. The van der Waals surface area contributed by atoms with Gasteiger partial charge in [-0.05, 0) is 44.0 Å². The zero-order chi connectivity index (χ0) is 15.3. The molecule has 0 saturated carbocycles. The van der Waals surface area contributed by atoms with Crippen molar-refractivity contribution in [2.45, 2.75) is 37.6 Å². The van der Waals surface area contributed by atoms with Crippen molar-refractivity contribution in [3.63, 3.8) is 0 Å². The standard InChI is InChI=1S/C13H16N2O4S/c1-9-7-11(8-14)4-5-12(9)20(18,19)15-10(2)3-6-13(16)17/h4-5,7,10,15H,3,6H2,1-2H3,(H,16,17). The molecule has 2 N–H and O–H groups in total. The minimum atomic E-state index is -3.72. The second-order valence-electron chi connectivity index (χ2n) is 4.55. The summed E-state index contributed by atoms with van der Waals surface area (Å²) in [6.07, 6.45) is 0.111. The second kappa shape index (κ2) is 6.50. The van der Waals surface area contributed by atoms with Crippen LogP contribution in [0.5, 0.6) is 0 Å². The van der Waals surface area contributed by atoms with Crippen LogP contribution < -0.4 is 4.72 Å². The van der Waals surface area contributed by atoms with E-state index in [0.717, 1.165) is 0 Å². The third-order valence-corrected chi connectivity index (χ3v) is 4.49. The Hall–Kier alpha value is -1.91. The number of carboxylic acid groups (broad SMARTS) is 1. The summed E-state index contributed by atoms with van der Waals surface area (Å²) in [5.74, 6) is -0.967. The number of benzene rings is 1. The molecule has 0 amide bonds. The molecule has 108 valence electrons. The number of carboxylic acids is 1. The molecule has 1 atom stereocenters. The molecule has 0 spiro atoms. The average molecular weight is 296 g/mol. The van der Waals surface area contributed by atoms with Crippen LogP contribution in [-0.2, 0) is 14.8 Å². The first-order chi connectivity index (χ1) is 9.26. The number of nitrogens with zero attached hydrogens (tertiary/aromatic N) is 1. The first-order valence-electron chi connectivity index (χ1n) is 6.01. The van der Waals surface area contributed by atoms with Crippen LogP contribution in [-0.4, -0.2) is 25.5 Å². The highest BCUT2D eigenvalue weighted by molar-refractivity contribution is 7.89. The molecule has 0 saturated heterocycles. The Bertz CT molecular complexity index is 647. The topological polar surface area (TPSA) is 107 Å². The predicted octanol–water partition coefficient (Wildman–Crippen LogP) is 1.40. The lowest BCUT2D eigenvalue weighted by Crippen LogP contribution is -2.33. The molecule has 1 aromatic rings. The van der Waals surface area contributed by atoms with Gasteiger partial charge in [0, 0.05) is 12.5 Å². The molecule has 0 heterocycles. The molecule has 0 aliphatic rings. The molecular weight excluding hydrogens is 280 g/mol. The highest BCUT2D eigenvalue weighted by Gasteiger charge is 2.20. The summed E-state index contributed by atoms with van der Waals surface area (Å²) in [6.45, 7) is 3.22. The van der Waals surface area contributed by atoms with Crippen LogP contribution in [0.3, 0.4) is 0 Å². The van der Waals surface area contributed by atoms with Gasteiger partial charge in [-0.15, -0.1) is 0 Å². The molecule has 0 aliphatic carbocycles. The Labute approximate surface area is 118 Å². The van der Waals surface area contributed by atoms with Crippen LogP contribution in [0, 0.1) is 18.3 Å². The van der Waals surface area contributed by atoms with E-state index >= 15 is 0 Å². The monoisotopic (exact) mass is 296 g/mol. The van der Waals surface area contributed by atoms with Gasteiger partial charge in [0.05, 0.1) is 16.5 Å². The molecule has 0 fully saturated rings. The Morgan fingerprint density at radius 2 is 2.15 bits per heavy atom. The first kappa shape index (κ1) is 16.1. The van der Waals surface area contributed by atoms with Crippen molar-refractivity contribution in [3.8, 4) is 6.07 Å². The van der Waals surface area contributed by atoms with Gasteiger partial charge < -0.3 is 5.11 Å². The second-order valence-corrected chi connectivity index (χ2v) is 6.23. The lowest BCUT2D eigenvalue weighted by atomic mass is 10.2. The number of sulfonamides is 1. The zero-order valence-electron chi connectivity index (χ0n) is 11.3. The lowest BCUT2D eigenvalue weighted by Gasteiger charge is -2.14. The highest BCUT2D eigenvalue weighted by Crippen LogP contribution is 2.17. The van der Waals surface area contributed by atoms with Crippen molar-refractivity contribution < 1.29 is 18.3 Å². The summed E-state index contributed by atoms with van der Waals surface area (Å²) < 4.78 is 26.8. The maximum absolute atomic E-state index is 12.2. The maximum Gasteiger partial charge on any atom is 0.303 e. The zero-order valence-corrected chi connectivity index (χ0v) is 12.1. The summed E-state index contributed by atoms with van der Waals surface area (Å²) in [7, 11) is -3.72. The maximum atomic E-state index is 12.2. The molecular formula is C13H16N2O4S. The number of nitriles is 1. The smallest absolute Gasteiger partial charge is 0.303 e. The van der Waals surface area contributed by atoms with Crippen LogP contribution in [0.2, 0.25) is 0 Å². The molecule has 7 heteroatoms. The predicted molar refractivity (Wildman–Crippen MR) is 72.5 cm³/mol. The minimum absolute atomic E-state index is 0.0960. The van der Waals surface area contributed by atoms with Crippen molar-refractivity contribution in [1.29, 1.82) is 5.26 Å². The molecule has 0 aliphatic heterocycles. The summed E-state index contributed by atoms with van der Waals surface area (Å²) >= 11 is 0. The number of hydrogen-bond acceptors (Lipinski definition) is 4. The van der Waals surface area contributed by atoms with Crippen LogP contribution in [0.15, 0.2) is 23.1 Å². The van der Waals surface area contributed by atoms with Crippen LogP contribution in [0.1, 0.15) is 30.9 Å². The fourth-order valence-corrected chi connectivity index (χ4v) is 3.25. The largest absolute Gasteiger partial charge is 0.481 e. The van der Waals surface area contributed by atoms with E-state index in [2.05, 4.69) is 4.72 Å². The van der Waals surface area contributed by atoms with Gasteiger partial charge in [-0.3, -0.25) is 4.79 Å². The number of carbonyl (C=O) groups is 1. The number of aliphatic carboxylic acids is 1. The van der Waals surface area contributed by atoms with E-state index in [1.54, 1.807) is 13.8 Å². The number of nitrogens with one attached hydrogen (secondary N) is 1. The van der Waals surface area contributed by atoms with Crippen molar-refractivity contribution >= 4 is 16.0 Å². The SMILES string of the molecule is Cc1cc(C#N)ccc1S(=O)(=O)NC(C)CCC(=O)O. The summed E-state index contributed by atoms with van der Waals surface area (Å²) in [6, 6.07) is 5.76. The molecule has 1 rings (SSSR count). The van der Waals surface area contributed by atoms with Gasteiger partial charge in [0.25, 0.3) is 0 Å². The van der Waals surface area contributed by atoms with Crippen LogP contribution in [0.4, 0.5) is 0 Å². The summed E-state index contributed by atoms with van der Waals surface area (Å²) in [4.78, 5) is 10.6. The van der Waals surface area contributed by atoms with Crippen LogP contribution >= 0.6 is 0 Å².